The maximum absolute atomic E-state index is 12.0. The second-order valence-corrected chi connectivity index (χ2v) is 5.04. The highest BCUT2D eigenvalue weighted by atomic mass is 16.5. The number of carbonyl (C=O) groups excluding carboxylic acids is 1. The van der Waals surface area contributed by atoms with Gasteiger partial charge in [-0.25, -0.2) is 0 Å². The van der Waals surface area contributed by atoms with E-state index in [0.29, 0.717) is 0 Å². The van der Waals surface area contributed by atoms with Gasteiger partial charge in [-0.05, 0) is 18.4 Å². The van der Waals surface area contributed by atoms with E-state index in [1.165, 1.54) is 6.92 Å². The summed E-state index contributed by atoms with van der Waals surface area (Å²) in [5.74, 6) is -1.48. The highest BCUT2D eigenvalue weighted by Crippen LogP contribution is 2.08. The standard InChI is InChI=1S/C15H21NO4/c1-10(2)13(16-11(3)14(17)18)15(19)20-9-12-7-5-4-6-8-12/h4-8,10-11,13,16H,9H2,1-3H3,(H,17,18)/t11-,13-/m0/s1. The Morgan fingerprint density at radius 2 is 1.80 bits per heavy atom. The Labute approximate surface area is 118 Å². The van der Waals surface area contributed by atoms with Crippen LogP contribution in [0.3, 0.4) is 0 Å². The lowest BCUT2D eigenvalue weighted by molar-refractivity contribution is -0.149. The van der Waals surface area contributed by atoms with Gasteiger partial charge in [0.15, 0.2) is 0 Å². The third-order valence-corrected chi connectivity index (χ3v) is 2.94. The lowest BCUT2D eigenvalue weighted by atomic mass is 10.0. The quantitative estimate of drug-likeness (QED) is 0.745. The minimum atomic E-state index is -0.994. The molecule has 2 N–H and O–H groups in total. The van der Waals surface area contributed by atoms with Crippen molar-refractivity contribution >= 4 is 11.9 Å². The molecule has 0 unspecified atom stereocenters. The molecule has 1 aromatic carbocycles. The second kappa shape index (κ2) is 7.65. The zero-order chi connectivity index (χ0) is 15.1. The molecule has 0 heterocycles. The molecule has 5 nitrogen and oxygen atoms in total. The molecule has 0 aliphatic heterocycles. The van der Waals surface area contributed by atoms with Crippen molar-refractivity contribution in [3.05, 3.63) is 35.9 Å². The molecule has 0 spiro atoms. The normalized spacial score (nSPS) is 13.8. The molecule has 0 saturated carbocycles. The van der Waals surface area contributed by atoms with Gasteiger partial charge in [0.25, 0.3) is 0 Å². The van der Waals surface area contributed by atoms with E-state index < -0.39 is 24.0 Å². The smallest absolute Gasteiger partial charge is 0.323 e. The van der Waals surface area contributed by atoms with E-state index in [4.69, 9.17) is 9.84 Å². The van der Waals surface area contributed by atoms with Crippen molar-refractivity contribution in [1.82, 2.24) is 5.32 Å². The van der Waals surface area contributed by atoms with Gasteiger partial charge in [-0.3, -0.25) is 14.9 Å². The van der Waals surface area contributed by atoms with Crippen molar-refractivity contribution in [2.75, 3.05) is 0 Å². The van der Waals surface area contributed by atoms with Crippen LogP contribution in [0.1, 0.15) is 26.3 Å². The van der Waals surface area contributed by atoms with Crippen LogP contribution in [0.4, 0.5) is 0 Å². The minimum Gasteiger partial charge on any atom is -0.480 e. The highest BCUT2D eigenvalue weighted by Gasteiger charge is 2.27. The first-order chi connectivity index (χ1) is 9.41. The van der Waals surface area contributed by atoms with E-state index in [1.54, 1.807) is 0 Å². The Bertz CT molecular complexity index is 444. The van der Waals surface area contributed by atoms with Crippen LogP contribution >= 0.6 is 0 Å². The molecule has 1 rings (SSSR count). The van der Waals surface area contributed by atoms with Gasteiger partial charge in [0, 0.05) is 0 Å². The summed E-state index contributed by atoms with van der Waals surface area (Å²) in [6.07, 6.45) is 0. The third-order valence-electron chi connectivity index (χ3n) is 2.94. The molecule has 0 fully saturated rings. The molecule has 2 atom stereocenters. The van der Waals surface area contributed by atoms with Gasteiger partial charge in [-0.1, -0.05) is 44.2 Å². The number of hydrogen-bond donors (Lipinski definition) is 2. The first kappa shape index (κ1) is 16.2. The largest absolute Gasteiger partial charge is 0.480 e. The van der Waals surface area contributed by atoms with Gasteiger partial charge in [0.2, 0.25) is 0 Å². The van der Waals surface area contributed by atoms with Gasteiger partial charge < -0.3 is 9.84 Å². The molecule has 0 aliphatic rings. The van der Waals surface area contributed by atoms with Crippen molar-refractivity contribution in [2.24, 2.45) is 5.92 Å². The monoisotopic (exact) mass is 279 g/mol. The molecule has 0 saturated heterocycles. The first-order valence-corrected chi connectivity index (χ1v) is 6.61. The van der Waals surface area contributed by atoms with Crippen molar-refractivity contribution in [2.45, 2.75) is 39.5 Å². The van der Waals surface area contributed by atoms with Gasteiger partial charge >= 0.3 is 11.9 Å². The lowest BCUT2D eigenvalue weighted by Gasteiger charge is -2.23. The van der Waals surface area contributed by atoms with Crippen LogP contribution in [0, 0.1) is 5.92 Å². The predicted octanol–water partition coefficient (Wildman–Crippen LogP) is 1.82. The molecule has 0 radical (unpaired) electrons. The SMILES string of the molecule is CC(C)[C@H](N[C@@H](C)C(=O)O)C(=O)OCc1ccccc1. The Morgan fingerprint density at radius 1 is 1.20 bits per heavy atom. The van der Waals surface area contributed by atoms with Crippen LogP contribution in [0.5, 0.6) is 0 Å². The topological polar surface area (TPSA) is 75.6 Å². The van der Waals surface area contributed by atoms with Crippen molar-refractivity contribution in [1.29, 1.82) is 0 Å². The number of nitrogens with one attached hydrogen (secondary N) is 1. The minimum absolute atomic E-state index is 0.0555. The maximum Gasteiger partial charge on any atom is 0.323 e. The Morgan fingerprint density at radius 3 is 2.30 bits per heavy atom. The number of aliphatic carboxylic acids is 1. The number of carboxylic acids is 1. The molecule has 0 aromatic heterocycles. The van der Waals surface area contributed by atoms with E-state index >= 15 is 0 Å². The average Bonchev–Trinajstić information content (AvgIpc) is 2.42. The summed E-state index contributed by atoms with van der Waals surface area (Å²) in [5.41, 5.74) is 0.898. The first-order valence-electron chi connectivity index (χ1n) is 6.61. The Balaban J connectivity index is 2.58. The van der Waals surface area contributed by atoms with Gasteiger partial charge in [-0.2, -0.15) is 0 Å². The van der Waals surface area contributed by atoms with Crippen LogP contribution in [-0.4, -0.2) is 29.1 Å². The number of esters is 1. The summed E-state index contributed by atoms with van der Waals surface area (Å²) >= 11 is 0. The summed E-state index contributed by atoms with van der Waals surface area (Å²) in [6, 6.07) is 7.92. The summed E-state index contributed by atoms with van der Waals surface area (Å²) in [4.78, 5) is 22.9. The molecule has 110 valence electrons. The average molecular weight is 279 g/mol. The molecule has 0 aliphatic carbocycles. The highest BCUT2D eigenvalue weighted by molar-refractivity contribution is 5.78. The second-order valence-electron chi connectivity index (χ2n) is 5.04. The zero-order valence-corrected chi connectivity index (χ0v) is 12.0. The summed E-state index contributed by atoms with van der Waals surface area (Å²) in [6.45, 7) is 5.38. The fraction of sp³-hybridized carbons (Fsp3) is 0.467. The number of ether oxygens (including phenoxy) is 1. The van der Waals surface area contributed by atoms with Crippen LogP contribution in [0.2, 0.25) is 0 Å². The molecule has 0 amide bonds. The number of rotatable bonds is 7. The van der Waals surface area contributed by atoms with Gasteiger partial charge in [0.1, 0.15) is 18.7 Å². The summed E-state index contributed by atoms with van der Waals surface area (Å²) in [7, 11) is 0. The van der Waals surface area contributed by atoms with Crippen molar-refractivity contribution < 1.29 is 19.4 Å². The van der Waals surface area contributed by atoms with Crippen molar-refractivity contribution in [3.8, 4) is 0 Å². The number of carboxylic acid groups (broad SMARTS) is 1. The van der Waals surface area contributed by atoms with Crippen LogP contribution < -0.4 is 5.32 Å². The van der Waals surface area contributed by atoms with Gasteiger partial charge in [-0.15, -0.1) is 0 Å². The van der Waals surface area contributed by atoms with E-state index in [-0.39, 0.29) is 12.5 Å². The summed E-state index contributed by atoms with van der Waals surface area (Å²) < 4.78 is 5.24. The Kier molecular flexibility index (Phi) is 6.18. The molecular weight excluding hydrogens is 258 g/mol. The third kappa shape index (κ3) is 5.01. The molecule has 1 aromatic rings. The maximum atomic E-state index is 12.0. The fourth-order valence-corrected chi connectivity index (χ4v) is 1.69. The van der Waals surface area contributed by atoms with E-state index in [1.807, 2.05) is 44.2 Å². The van der Waals surface area contributed by atoms with E-state index in [2.05, 4.69) is 5.32 Å². The van der Waals surface area contributed by atoms with E-state index in [9.17, 15) is 9.59 Å². The number of benzene rings is 1. The molecule has 20 heavy (non-hydrogen) atoms. The van der Waals surface area contributed by atoms with Gasteiger partial charge in [0.05, 0.1) is 0 Å². The molecule has 5 heteroatoms. The van der Waals surface area contributed by atoms with Crippen LogP contribution in [0.25, 0.3) is 0 Å². The fourth-order valence-electron chi connectivity index (χ4n) is 1.69. The van der Waals surface area contributed by atoms with E-state index in [0.717, 1.165) is 5.56 Å². The molecule has 0 bridgehead atoms. The number of carbonyl (C=O) groups is 2. The summed E-state index contributed by atoms with van der Waals surface area (Å²) in [5, 5.41) is 11.7. The Hall–Kier alpha value is -1.88. The lowest BCUT2D eigenvalue weighted by Crippen LogP contribution is -2.49. The zero-order valence-electron chi connectivity index (χ0n) is 12.0. The predicted molar refractivity (Wildman–Crippen MR) is 75.1 cm³/mol. The van der Waals surface area contributed by atoms with Crippen LogP contribution in [-0.2, 0) is 20.9 Å². The molecular formula is C15H21NO4. The van der Waals surface area contributed by atoms with Crippen molar-refractivity contribution in [3.63, 3.8) is 0 Å². The van der Waals surface area contributed by atoms with Crippen LogP contribution in [0.15, 0.2) is 30.3 Å². The number of hydrogen-bond acceptors (Lipinski definition) is 4.